The molecule has 0 spiro atoms. The van der Waals surface area contributed by atoms with Crippen LogP contribution in [0.15, 0.2) is 36.9 Å². The number of rotatable bonds is 3. The summed E-state index contributed by atoms with van der Waals surface area (Å²) in [5.74, 6) is -0.925. The van der Waals surface area contributed by atoms with Crippen LogP contribution >= 0.6 is 0 Å². The standard InChI is InChI=1S/C16H18FNO2/c1-3-9-16(2)10-4-11-18(15(16)20)14(19)12-5-7-13(17)8-6-12/h3,5-8H,1,4,9-11H2,2H3. The van der Waals surface area contributed by atoms with E-state index in [1.165, 1.54) is 29.2 Å². The van der Waals surface area contributed by atoms with Gasteiger partial charge >= 0.3 is 0 Å². The number of nitrogens with zero attached hydrogens (tertiary/aromatic N) is 1. The van der Waals surface area contributed by atoms with Gasteiger partial charge in [0.2, 0.25) is 5.91 Å². The maximum atomic E-state index is 12.9. The van der Waals surface area contributed by atoms with E-state index >= 15 is 0 Å². The average Bonchev–Trinajstić information content (AvgIpc) is 2.42. The number of benzene rings is 1. The molecule has 1 saturated heterocycles. The van der Waals surface area contributed by atoms with E-state index in [0.29, 0.717) is 18.5 Å². The third-order valence-corrected chi connectivity index (χ3v) is 3.80. The van der Waals surface area contributed by atoms with Gasteiger partial charge in [-0.3, -0.25) is 14.5 Å². The van der Waals surface area contributed by atoms with Gasteiger partial charge in [-0.1, -0.05) is 13.0 Å². The molecule has 0 aliphatic carbocycles. The summed E-state index contributed by atoms with van der Waals surface area (Å²) in [4.78, 5) is 26.2. The topological polar surface area (TPSA) is 37.4 Å². The van der Waals surface area contributed by atoms with Crippen LogP contribution in [0, 0.1) is 11.2 Å². The van der Waals surface area contributed by atoms with Gasteiger partial charge in [0, 0.05) is 12.1 Å². The van der Waals surface area contributed by atoms with E-state index in [-0.39, 0.29) is 11.8 Å². The summed E-state index contributed by atoms with van der Waals surface area (Å²) in [5.41, 5.74) is -0.224. The maximum absolute atomic E-state index is 12.9. The molecular weight excluding hydrogens is 257 g/mol. The molecule has 2 amide bonds. The van der Waals surface area contributed by atoms with Crippen molar-refractivity contribution in [3.8, 4) is 0 Å². The van der Waals surface area contributed by atoms with E-state index in [0.717, 1.165) is 12.8 Å². The number of carbonyl (C=O) groups excluding carboxylic acids is 2. The number of carbonyl (C=O) groups is 2. The van der Waals surface area contributed by atoms with Crippen molar-refractivity contribution in [1.29, 1.82) is 0 Å². The first-order valence-electron chi connectivity index (χ1n) is 6.71. The van der Waals surface area contributed by atoms with Crippen molar-refractivity contribution in [2.75, 3.05) is 6.54 Å². The molecule has 0 radical (unpaired) electrons. The van der Waals surface area contributed by atoms with Gasteiger partial charge < -0.3 is 0 Å². The molecule has 106 valence electrons. The minimum Gasteiger partial charge on any atom is -0.278 e. The molecular formula is C16H18FNO2. The van der Waals surface area contributed by atoms with Gasteiger partial charge in [-0.15, -0.1) is 6.58 Å². The SMILES string of the molecule is C=CCC1(C)CCCN(C(=O)c2ccc(F)cc2)C1=O. The van der Waals surface area contributed by atoms with Gasteiger partial charge in [0.05, 0.1) is 5.41 Å². The summed E-state index contributed by atoms with van der Waals surface area (Å²) in [5, 5.41) is 0. The number of amides is 2. The summed E-state index contributed by atoms with van der Waals surface area (Å²) in [6.45, 7) is 5.96. The lowest BCUT2D eigenvalue weighted by Crippen LogP contribution is -2.49. The zero-order valence-corrected chi connectivity index (χ0v) is 11.6. The van der Waals surface area contributed by atoms with E-state index in [9.17, 15) is 14.0 Å². The number of hydrogen-bond acceptors (Lipinski definition) is 2. The second kappa shape index (κ2) is 5.57. The Hall–Kier alpha value is -1.97. The highest BCUT2D eigenvalue weighted by Gasteiger charge is 2.41. The molecule has 1 atom stereocenters. The molecule has 3 nitrogen and oxygen atoms in total. The molecule has 1 unspecified atom stereocenters. The largest absolute Gasteiger partial charge is 0.278 e. The zero-order valence-electron chi connectivity index (χ0n) is 11.6. The predicted octanol–water partition coefficient (Wildman–Crippen LogP) is 3.17. The first kappa shape index (κ1) is 14.4. The van der Waals surface area contributed by atoms with Crippen molar-refractivity contribution >= 4 is 11.8 Å². The Kier molecular flexibility index (Phi) is 4.02. The van der Waals surface area contributed by atoms with Crippen LogP contribution in [0.25, 0.3) is 0 Å². The molecule has 1 aliphatic rings. The molecule has 1 aromatic carbocycles. The number of imide groups is 1. The van der Waals surface area contributed by atoms with Gasteiger partial charge in [0.25, 0.3) is 5.91 Å². The second-order valence-electron chi connectivity index (χ2n) is 5.43. The summed E-state index contributed by atoms with van der Waals surface area (Å²) >= 11 is 0. The van der Waals surface area contributed by atoms with Crippen molar-refractivity contribution in [1.82, 2.24) is 4.90 Å². The summed E-state index contributed by atoms with van der Waals surface area (Å²) in [6.07, 6.45) is 3.80. The van der Waals surface area contributed by atoms with E-state index < -0.39 is 11.2 Å². The van der Waals surface area contributed by atoms with Crippen LogP contribution in [-0.2, 0) is 4.79 Å². The third-order valence-electron chi connectivity index (χ3n) is 3.80. The van der Waals surface area contributed by atoms with Crippen LogP contribution in [0.4, 0.5) is 4.39 Å². The van der Waals surface area contributed by atoms with Crippen molar-refractivity contribution in [3.63, 3.8) is 0 Å². The smallest absolute Gasteiger partial charge is 0.260 e. The zero-order chi connectivity index (χ0) is 14.8. The Bertz CT molecular complexity index is 538. The molecule has 0 N–H and O–H groups in total. The molecule has 1 aromatic rings. The maximum Gasteiger partial charge on any atom is 0.260 e. The summed E-state index contributed by atoms with van der Waals surface area (Å²) < 4.78 is 12.9. The van der Waals surface area contributed by atoms with Gasteiger partial charge in [-0.05, 0) is 43.5 Å². The van der Waals surface area contributed by atoms with Crippen LogP contribution in [0.5, 0.6) is 0 Å². The Labute approximate surface area is 118 Å². The average molecular weight is 275 g/mol. The Morgan fingerprint density at radius 3 is 2.70 bits per heavy atom. The molecule has 0 saturated carbocycles. The lowest BCUT2D eigenvalue weighted by Gasteiger charge is -2.37. The fourth-order valence-corrected chi connectivity index (χ4v) is 2.61. The monoisotopic (exact) mass is 275 g/mol. The second-order valence-corrected chi connectivity index (χ2v) is 5.43. The van der Waals surface area contributed by atoms with Crippen molar-refractivity contribution < 1.29 is 14.0 Å². The molecule has 20 heavy (non-hydrogen) atoms. The highest BCUT2D eigenvalue weighted by atomic mass is 19.1. The fourth-order valence-electron chi connectivity index (χ4n) is 2.61. The molecule has 1 heterocycles. The van der Waals surface area contributed by atoms with Gasteiger partial charge in [-0.25, -0.2) is 4.39 Å². The number of piperidine rings is 1. The first-order chi connectivity index (χ1) is 9.48. The van der Waals surface area contributed by atoms with E-state index in [1.54, 1.807) is 6.08 Å². The molecule has 1 fully saturated rings. The van der Waals surface area contributed by atoms with Crippen LogP contribution < -0.4 is 0 Å². The number of hydrogen-bond donors (Lipinski definition) is 0. The van der Waals surface area contributed by atoms with Crippen molar-refractivity contribution in [3.05, 3.63) is 48.3 Å². The van der Waals surface area contributed by atoms with Crippen LogP contribution in [0.3, 0.4) is 0 Å². The molecule has 1 aliphatic heterocycles. The van der Waals surface area contributed by atoms with Gasteiger partial charge in [0.1, 0.15) is 5.82 Å². The Balaban J connectivity index is 2.23. The molecule has 0 aromatic heterocycles. The third kappa shape index (κ3) is 2.64. The Morgan fingerprint density at radius 1 is 1.45 bits per heavy atom. The Morgan fingerprint density at radius 2 is 2.10 bits per heavy atom. The number of allylic oxidation sites excluding steroid dienone is 1. The predicted molar refractivity (Wildman–Crippen MR) is 74.6 cm³/mol. The van der Waals surface area contributed by atoms with Crippen LogP contribution in [0.2, 0.25) is 0 Å². The summed E-state index contributed by atoms with van der Waals surface area (Å²) in [6, 6.07) is 5.27. The van der Waals surface area contributed by atoms with Gasteiger partial charge in [0.15, 0.2) is 0 Å². The highest BCUT2D eigenvalue weighted by molar-refractivity contribution is 6.06. The minimum absolute atomic E-state index is 0.169. The minimum atomic E-state index is -0.560. The normalized spacial score (nSPS) is 22.7. The molecule has 4 heteroatoms. The van der Waals surface area contributed by atoms with E-state index in [1.807, 2.05) is 6.92 Å². The number of halogens is 1. The quantitative estimate of drug-likeness (QED) is 0.627. The van der Waals surface area contributed by atoms with Crippen molar-refractivity contribution in [2.24, 2.45) is 5.41 Å². The lowest BCUT2D eigenvalue weighted by atomic mass is 9.78. The first-order valence-corrected chi connectivity index (χ1v) is 6.71. The van der Waals surface area contributed by atoms with Crippen molar-refractivity contribution in [2.45, 2.75) is 26.2 Å². The molecule has 2 rings (SSSR count). The number of likely N-dealkylation sites (tertiary alicyclic amines) is 1. The van der Waals surface area contributed by atoms with Crippen LogP contribution in [0.1, 0.15) is 36.5 Å². The van der Waals surface area contributed by atoms with Crippen LogP contribution in [-0.4, -0.2) is 23.3 Å². The summed E-state index contributed by atoms with van der Waals surface area (Å²) in [7, 11) is 0. The lowest BCUT2D eigenvalue weighted by molar-refractivity contribution is -0.141. The fraction of sp³-hybridized carbons (Fsp3) is 0.375. The molecule has 0 bridgehead atoms. The highest BCUT2D eigenvalue weighted by Crippen LogP contribution is 2.35. The van der Waals surface area contributed by atoms with Gasteiger partial charge in [-0.2, -0.15) is 0 Å². The van der Waals surface area contributed by atoms with E-state index in [4.69, 9.17) is 0 Å². The van der Waals surface area contributed by atoms with E-state index in [2.05, 4.69) is 6.58 Å².